The molecule has 0 aliphatic heterocycles. The first kappa shape index (κ1) is 11.4. The van der Waals surface area contributed by atoms with E-state index in [1.807, 2.05) is 0 Å². The molecule has 0 spiro atoms. The lowest BCUT2D eigenvalue weighted by atomic mass is 10.2. The first-order valence-electron chi connectivity index (χ1n) is 4.58. The Hall–Kier alpha value is -1.13. The first-order chi connectivity index (χ1) is 7.72. The van der Waals surface area contributed by atoms with E-state index >= 15 is 0 Å². The molecular formula is C10H8Cl2FN3. The summed E-state index contributed by atoms with van der Waals surface area (Å²) in [5.41, 5.74) is 0.651. The van der Waals surface area contributed by atoms with Crippen LogP contribution in [0.3, 0.4) is 0 Å². The normalized spacial score (nSPS) is 10.7. The van der Waals surface area contributed by atoms with Crippen LogP contribution in [0.15, 0.2) is 24.5 Å². The topological polar surface area (TPSA) is 30.7 Å². The van der Waals surface area contributed by atoms with Gasteiger partial charge in [0.1, 0.15) is 18.0 Å². The van der Waals surface area contributed by atoms with Crippen LogP contribution in [0, 0.1) is 5.82 Å². The second-order valence-corrected chi connectivity index (χ2v) is 3.83. The average molecular weight is 260 g/mol. The molecule has 6 heteroatoms. The van der Waals surface area contributed by atoms with Gasteiger partial charge < -0.3 is 0 Å². The van der Waals surface area contributed by atoms with Gasteiger partial charge in [-0.1, -0.05) is 23.7 Å². The summed E-state index contributed by atoms with van der Waals surface area (Å²) in [6, 6.07) is 4.66. The molecule has 2 rings (SSSR count). The number of nitrogens with zero attached hydrogens (tertiary/aromatic N) is 3. The van der Waals surface area contributed by atoms with Crippen LogP contribution in [0.5, 0.6) is 0 Å². The van der Waals surface area contributed by atoms with E-state index in [9.17, 15) is 4.39 Å². The van der Waals surface area contributed by atoms with Crippen molar-refractivity contribution in [2.24, 2.45) is 0 Å². The minimum absolute atomic E-state index is 0.110. The van der Waals surface area contributed by atoms with Crippen LogP contribution in [0.1, 0.15) is 11.4 Å². The van der Waals surface area contributed by atoms with E-state index in [1.54, 1.807) is 16.8 Å². The highest BCUT2D eigenvalue weighted by Gasteiger charge is 2.09. The molecule has 0 fully saturated rings. The minimum atomic E-state index is -0.438. The Morgan fingerprint density at radius 3 is 2.94 bits per heavy atom. The van der Waals surface area contributed by atoms with Crippen molar-refractivity contribution in [1.82, 2.24) is 14.8 Å². The zero-order valence-corrected chi connectivity index (χ0v) is 9.71. The number of alkyl halides is 1. The summed E-state index contributed by atoms with van der Waals surface area (Å²) in [7, 11) is 0. The molecular weight excluding hydrogens is 252 g/mol. The molecule has 1 heterocycles. The number of hydrogen-bond acceptors (Lipinski definition) is 2. The summed E-state index contributed by atoms with van der Waals surface area (Å²) in [5.74, 6) is 0.445. The van der Waals surface area contributed by atoms with Gasteiger partial charge in [-0.2, -0.15) is 5.10 Å². The molecule has 0 saturated heterocycles. The van der Waals surface area contributed by atoms with Gasteiger partial charge in [-0.15, -0.1) is 11.6 Å². The van der Waals surface area contributed by atoms with Crippen molar-refractivity contribution >= 4 is 23.2 Å². The lowest BCUT2D eigenvalue weighted by Gasteiger charge is -2.06. The van der Waals surface area contributed by atoms with Crippen molar-refractivity contribution in [3.63, 3.8) is 0 Å². The molecule has 0 amide bonds. The summed E-state index contributed by atoms with van der Waals surface area (Å²) in [4.78, 5) is 3.97. The lowest BCUT2D eigenvalue weighted by Crippen LogP contribution is -2.06. The van der Waals surface area contributed by atoms with Gasteiger partial charge in [0, 0.05) is 0 Å². The maximum absolute atomic E-state index is 13.2. The second-order valence-electron chi connectivity index (χ2n) is 3.18. The molecule has 84 valence electrons. The third-order valence-corrected chi connectivity index (χ3v) is 2.83. The Bertz CT molecular complexity index is 499. The SMILES string of the molecule is Fc1cccc(Cn2ncnc2CCl)c1Cl. The Morgan fingerprint density at radius 2 is 2.19 bits per heavy atom. The Morgan fingerprint density at radius 1 is 1.38 bits per heavy atom. The summed E-state index contributed by atoms with van der Waals surface area (Å²) in [6.45, 7) is 0.360. The third-order valence-electron chi connectivity index (χ3n) is 2.17. The standard InChI is InChI=1S/C10H8Cl2FN3/c11-4-9-14-6-15-16(9)5-7-2-1-3-8(13)10(7)12/h1-3,6H,4-5H2. The molecule has 1 aromatic carbocycles. The van der Waals surface area contributed by atoms with E-state index in [1.165, 1.54) is 12.4 Å². The quantitative estimate of drug-likeness (QED) is 0.794. The van der Waals surface area contributed by atoms with Crippen LogP contribution in [-0.4, -0.2) is 14.8 Å². The van der Waals surface area contributed by atoms with E-state index < -0.39 is 5.82 Å². The number of benzene rings is 1. The summed E-state index contributed by atoms with van der Waals surface area (Å²) < 4.78 is 14.8. The monoisotopic (exact) mass is 259 g/mol. The molecule has 2 aromatic rings. The molecule has 0 atom stereocenters. The molecule has 0 aliphatic carbocycles. The lowest BCUT2D eigenvalue weighted by molar-refractivity contribution is 0.615. The van der Waals surface area contributed by atoms with Crippen molar-refractivity contribution in [1.29, 1.82) is 0 Å². The van der Waals surface area contributed by atoms with Gasteiger partial charge in [-0.3, -0.25) is 0 Å². The Balaban J connectivity index is 2.30. The predicted molar refractivity (Wildman–Crippen MR) is 60.1 cm³/mol. The number of rotatable bonds is 3. The van der Waals surface area contributed by atoms with Gasteiger partial charge >= 0.3 is 0 Å². The molecule has 16 heavy (non-hydrogen) atoms. The predicted octanol–water partition coefficient (Wildman–Crippen LogP) is 2.86. The molecule has 0 aliphatic rings. The van der Waals surface area contributed by atoms with E-state index in [-0.39, 0.29) is 10.9 Å². The highest BCUT2D eigenvalue weighted by Crippen LogP contribution is 2.20. The van der Waals surface area contributed by atoms with Crippen LogP contribution in [0.4, 0.5) is 4.39 Å². The van der Waals surface area contributed by atoms with Crippen molar-refractivity contribution in [3.05, 3.63) is 46.8 Å². The van der Waals surface area contributed by atoms with Gasteiger partial charge in [0.25, 0.3) is 0 Å². The Labute approximate surface area is 102 Å². The van der Waals surface area contributed by atoms with Crippen molar-refractivity contribution in [2.45, 2.75) is 12.4 Å². The van der Waals surface area contributed by atoms with Crippen molar-refractivity contribution in [2.75, 3.05) is 0 Å². The van der Waals surface area contributed by atoms with Gasteiger partial charge in [0.2, 0.25) is 0 Å². The van der Waals surface area contributed by atoms with Gasteiger partial charge in [0.05, 0.1) is 17.4 Å². The number of halogens is 3. The maximum atomic E-state index is 13.2. The van der Waals surface area contributed by atoms with E-state index in [0.717, 1.165) is 0 Å². The van der Waals surface area contributed by atoms with Crippen molar-refractivity contribution in [3.8, 4) is 0 Å². The summed E-state index contributed by atoms with van der Waals surface area (Å²) >= 11 is 11.5. The maximum Gasteiger partial charge on any atom is 0.142 e. The molecule has 0 saturated carbocycles. The third kappa shape index (κ3) is 2.18. The summed E-state index contributed by atoms with van der Waals surface area (Å²) in [5, 5.41) is 4.10. The highest BCUT2D eigenvalue weighted by atomic mass is 35.5. The smallest absolute Gasteiger partial charge is 0.142 e. The molecule has 3 nitrogen and oxygen atoms in total. The highest BCUT2D eigenvalue weighted by molar-refractivity contribution is 6.31. The van der Waals surface area contributed by atoms with Gasteiger partial charge in [-0.25, -0.2) is 14.1 Å². The van der Waals surface area contributed by atoms with Crippen LogP contribution < -0.4 is 0 Å². The van der Waals surface area contributed by atoms with E-state index in [2.05, 4.69) is 10.1 Å². The fourth-order valence-corrected chi connectivity index (χ4v) is 1.75. The summed E-state index contributed by atoms with van der Waals surface area (Å²) in [6.07, 6.45) is 1.41. The molecule has 0 unspecified atom stereocenters. The van der Waals surface area contributed by atoms with Gasteiger partial charge in [-0.05, 0) is 11.6 Å². The van der Waals surface area contributed by atoms with Crippen LogP contribution in [-0.2, 0) is 12.4 Å². The average Bonchev–Trinajstić information content (AvgIpc) is 2.72. The largest absolute Gasteiger partial charge is 0.244 e. The van der Waals surface area contributed by atoms with Crippen LogP contribution in [0.25, 0.3) is 0 Å². The van der Waals surface area contributed by atoms with Crippen LogP contribution in [0.2, 0.25) is 5.02 Å². The first-order valence-corrected chi connectivity index (χ1v) is 5.49. The van der Waals surface area contributed by atoms with E-state index in [0.29, 0.717) is 17.9 Å². The fourth-order valence-electron chi connectivity index (χ4n) is 1.36. The van der Waals surface area contributed by atoms with Gasteiger partial charge in [0.15, 0.2) is 0 Å². The zero-order chi connectivity index (χ0) is 11.5. The zero-order valence-electron chi connectivity index (χ0n) is 8.20. The second kappa shape index (κ2) is 4.80. The van der Waals surface area contributed by atoms with Crippen LogP contribution >= 0.6 is 23.2 Å². The Kier molecular flexibility index (Phi) is 3.41. The number of hydrogen-bond donors (Lipinski definition) is 0. The molecule has 0 N–H and O–H groups in total. The van der Waals surface area contributed by atoms with Crippen molar-refractivity contribution < 1.29 is 4.39 Å². The minimum Gasteiger partial charge on any atom is -0.244 e. The number of aromatic nitrogens is 3. The molecule has 1 aromatic heterocycles. The van der Waals surface area contributed by atoms with E-state index in [4.69, 9.17) is 23.2 Å². The molecule has 0 bridgehead atoms. The fraction of sp³-hybridized carbons (Fsp3) is 0.200. The molecule has 0 radical (unpaired) electrons.